The van der Waals surface area contributed by atoms with Crippen molar-refractivity contribution < 1.29 is 9.47 Å². The maximum atomic E-state index is 6.00. The molecule has 0 amide bonds. The highest BCUT2D eigenvalue weighted by atomic mass is 79.9. The summed E-state index contributed by atoms with van der Waals surface area (Å²) in [4.78, 5) is 4.04. The molecule has 0 atom stereocenters. The predicted octanol–water partition coefficient (Wildman–Crippen LogP) is 5.11. The van der Waals surface area contributed by atoms with Crippen molar-refractivity contribution in [1.82, 2.24) is 10.3 Å². The standard InChI is InChI=1S/C22H23BrN2O2/c1-2-26-21-12-19(15-25-14-17-8-10-24-11-9-17)20(23)13-22(21)27-16-18-6-4-3-5-7-18/h3-13,25H,2,14-16H2,1H3. The Morgan fingerprint density at radius 3 is 2.37 bits per heavy atom. The highest BCUT2D eigenvalue weighted by Gasteiger charge is 2.11. The fourth-order valence-corrected chi connectivity index (χ4v) is 3.13. The Labute approximate surface area is 168 Å². The first-order valence-corrected chi connectivity index (χ1v) is 9.77. The molecule has 0 spiro atoms. The summed E-state index contributed by atoms with van der Waals surface area (Å²) in [6.07, 6.45) is 3.61. The quantitative estimate of drug-likeness (QED) is 0.515. The lowest BCUT2D eigenvalue weighted by Gasteiger charge is -2.15. The van der Waals surface area contributed by atoms with Crippen LogP contribution in [0.3, 0.4) is 0 Å². The van der Waals surface area contributed by atoms with E-state index in [4.69, 9.17) is 9.47 Å². The number of hydrogen-bond acceptors (Lipinski definition) is 4. The molecular weight excluding hydrogens is 404 g/mol. The van der Waals surface area contributed by atoms with Gasteiger partial charge >= 0.3 is 0 Å². The summed E-state index contributed by atoms with van der Waals surface area (Å²) in [5.41, 5.74) is 3.45. The molecule has 0 unspecified atom stereocenters. The maximum Gasteiger partial charge on any atom is 0.162 e. The number of benzene rings is 2. The SMILES string of the molecule is CCOc1cc(CNCc2ccncc2)c(Br)cc1OCc1ccccc1. The van der Waals surface area contributed by atoms with Gasteiger partial charge in [-0.25, -0.2) is 0 Å². The summed E-state index contributed by atoms with van der Waals surface area (Å²) in [6.45, 7) is 4.58. The van der Waals surface area contributed by atoms with E-state index in [-0.39, 0.29) is 0 Å². The molecule has 0 aliphatic carbocycles. The summed E-state index contributed by atoms with van der Waals surface area (Å²) < 4.78 is 12.8. The summed E-state index contributed by atoms with van der Waals surface area (Å²) >= 11 is 3.66. The monoisotopic (exact) mass is 426 g/mol. The summed E-state index contributed by atoms with van der Waals surface area (Å²) in [6, 6.07) is 18.2. The largest absolute Gasteiger partial charge is 0.490 e. The van der Waals surface area contributed by atoms with Crippen molar-refractivity contribution in [3.63, 3.8) is 0 Å². The fraction of sp³-hybridized carbons (Fsp3) is 0.227. The smallest absolute Gasteiger partial charge is 0.162 e. The van der Waals surface area contributed by atoms with Gasteiger partial charge in [-0.05, 0) is 47.9 Å². The van der Waals surface area contributed by atoms with Crippen LogP contribution in [0.25, 0.3) is 0 Å². The first-order valence-electron chi connectivity index (χ1n) is 8.98. The molecule has 5 heteroatoms. The second-order valence-corrected chi connectivity index (χ2v) is 6.91. The lowest BCUT2D eigenvalue weighted by atomic mass is 10.2. The Bertz CT molecular complexity index is 842. The van der Waals surface area contributed by atoms with E-state index >= 15 is 0 Å². The van der Waals surface area contributed by atoms with E-state index < -0.39 is 0 Å². The van der Waals surface area contributed by atoms with Gasteiger partial charge in [0.15, 0.2) is 11.5 Å². The zero-order chi connectivity index (χ0) is 18.9. The molecule has 3 rings (SSSR count). The van der Waals surface area contributed by atoms with Gasteiger partial charge in [0.25, 0.3) is 0 Å². The normalized spacial score (nSPS) is 10.6. The van der Waals surface area contributed by atoms with Crippen LogP contribution in [0, 0.1) is 0 Å². The molecule has 140 valence electrons. The van der Waals surface area contributed by atoms with Gasteiger partial charge in [0.05, 0.1) is 6.61 Å². The molecule has 0 aliphatic heterocycles. The molecule has 0 saturated heterocycles. The Morgan fingerprint density at radius 1 is 0.889 bits per heavy atom. The fourth-order valence-electron chi connectivity index (χ4n) is 2.67. The van der Waals surface area contributed by atoms with Crippen molar-refractivity contribution in [2.24, 2.45) is 0 Å². The maximum absolute atomic E-state index is 6.00. The van der Waals surface area contributed by atoms with E-state index in [2.05, 4.69) is 26.2 Å². The second kappa shape index (κ2) is 10.1. The average molecular weight is 427 g/mol. The third-order valence-corrected chi connectivity index (χ3v) is 4.78. The number of halogens is 1. The van der Waals surface area contributed by atoms with Crippen LogP contribution in [0.15, 0.2) is 71.5 Å². The average Bonchev–Trinajstić information content (AvgIpc) is 2.71. The van der Waals surface area contributed by atoms with Gasteiger partial charge in [0.2, 0.25) is 0 Å². The number of rotatable bonds is 9. The number of pyridine rings is 1. The number of nitrogens with one attached hydrogen (secondary N) is 1. The lowest BCUT2D eigenvalue weighted by molar-refractivity contribution is 0.269. The molecule has 2 aromatic carbocycles. The predicted molar refractivity (Wildman–Crippen MR) is 111 cm³/mol. The van der Waals surface area contributed by atoms with Gasteiger partial charge in [-0.2, -0.15) is 0 Å². The van der Waals surface area contributed by atoms with E-state index in [1.165, 1.54) is 5.56 Å². The van der Waals surface area contributed by atoms with Crippen LogP contribution in [0.5, 0.6) is 11.5 Å². The third-order valence-electron chi connectivity index (χ3n) is 4.04. The molecule has 1 aromatic heterocycles. The molecule has 0 bridgehead atoms. The minimum Gasteiger partial charge on any atom is -0.490 e. The van der Waals surface area contributed by atoms with Crippen LogP contribution in [0.4, 0.5) is 0 Å². The highest BCUT2D eigenvalue weighted by molar-refractivity contribution is 9.10. The molecule has 0 aliphatic rings. The van der Waals surface area contributed by atoms with Crippen LogP contribution in [0.2, 0.25) is 0 Å². The molecule has 1 N–H and O–H groups in total. The minimum absolute atomic E-state index is 0.507. The van der Waals surface area contributed by atoms with E-state index in [1.54, 1.807) is 12.4 Å². The van der Waals surface area contributed by atoms with Crippen molar-refractivity contribution >= 4 is 15.9 Å². The van der Waals surface area contributed by atoms with E-state index in [9.17, 15) is 0 Å². The zero-order valence-electron chi connectivity index (χ0n) is 15.3. The molecule has 4 nitrogen and oxygen atoms in total. The third kappa shape index (κ3) is 5.81. The van der Waals surface area contributed by atoms with E-state index in [0.717, 1.165) is 40.2 Å². The highest BCUT2D eigenvalue weighted by Crippen LogP contribution is 2.34. The van der Waals surface area contributed by atoms with Crippen LogP contribution in [-0.4, -0.2) is 11.6 Å². The number of nitrogens with zero attached hydrogens (tertiary/aromatic N) is 1. The van der Waals surface area contributed by atoms with Crippen LogP contribution < -0.4 is 14.8 Å². The van der Waals surface area contributed by atoms with Crippen LogP contribution in [0.1, 0.15) is 23.6 Å². The van der Waals surface area contributed by atoms with Crippen molar-refractivity contribution in [3.8, 4) is 11.5 Å². The van der Waals surface area contributed by atoms with Gasteiger partial charge in [-0.1, -0.05) is 46.3 Å². The Kier molecular flexibility index (Phi) is 7.25. The second-order valence-electron chi connectivity index (χ2n) is 6.06. The summed E-state index contributed by atoms with van der Waals surface area (Å²) in [5, 5.41) is 3.45. The number of ether oxygens (including phenoxy) is 2. The van der Waals surface area contributed by atoms with Crippen molar-refractivity contribution in [2.75, 3.05) is 6.61 Å². The topological polar surface area (TPSA) is 43.4 Å². The summed E-state index contributed by atoms with van der Waals surface area (Å²) in [7, 11) is 0. The van der Waals surface area contributed by atoms with E-state index in [0.29, 0.717) is 13.2 Å². The molecule has 3 aromatic rings. The van der Waals surface area contributed by atoms with Crippen molar-refractivity contribution in [1.29, 1.82) is 0 Å². The minimum atomic E-state index is 0.507. The van der Waals surface area contributed by atoms with Crippen molar-refractivity contribution in [3.05, 3.63) is 88.2 Å². The Morgan fingerprint density at radius 2 is 1.63 bits per heavy atom. The van der Waals surface area contributed by atoms with Gasteiger partial charge in [0, 0.05) is 30.0 Å². The van der Waals surface area contributed by atoms with Gasteiger partial charge in [0.1, 0.15) is 6.61 Å². The molecule has 0 radical (unpaired) electrons. The number of hydrogen-bond donors (Lipinski definition) is 1. The van der Waals surface area contributed by atoms with E-state index in [1.807, 2.05) is 61.5 Å². The first-order chi connectivity index (χ1) is 13.3. The number of aromatic nitrogens is 1. The molecule has 0 fully saturated rings. The summed E-state index contributed by atoms with van der Waals surface area (Å²) in [5.74, 6) is 1.50. The molecular formula is C22H23BrN2O2. The molecule has 1 heterocycles. The van der Waals surface area contributed by atoms with Gasteiger partial charge in [-0.3, -0.25) is 4.98 Å². The van der Waals surface area contributed by atoms with Crippen molar-refractivity contribution in [2.45, 2.75) is 26.6 Å². The van der Waals surface area contributed by atoms with Gasteiger partial charge in [-0.15, -0.1) is 0 Å². The Hall–Kier alpha value is -2.37. The van der Waals surface area contributed by atoms with Crippen LogP contribution >= 0.6 is 15.9 Å². The molecule has 0 saturated carbocycles. The lowest BCUT2D eigenvalue weighted by Crippen LogP contribution is -2.13. The van der Waals surface area contributed by atoms with Gasteiger partial charge < -0.3 is 14.8 Å². The van der Waals surface area contributed by atoms with Crippen LogP contribution in [-0.2, 0) is 19.7 Å². The zero-order valence-corrected chi connectivity index (χ0v) is 16.9. The first kappa shape index (κ1) is 19.4. The Balaban J connectivity index is 1.67. The molecule has 27 heavy (non-hydrogen) atoms.